The van der Waals surface area contributed by atoms with Gasteiger partial charge in [-0.05, 0) is 78.8 Å². The number of carbonyl (C=O) groups excluding carboxylic acids is 2. The molecule has 2 amide bonds. The summed E-state index contributed by atoms with van der Waals surface area (Å²) in [5.74, 6) is -0.831. The fraction of sp³-hybridized carbons (Fsp3) is 0.211. The van der Waals surface area contributed by atoms with Crippen molar-refractivity contribution in [2.45, 2.75) is 20.8 Å². The Kier molecular flexibility index (Phi) is 5.11. The van der Waals surface area contributed by atoms with Crippen LogP contribution >= 0.6 is 28.1 Å². The Labute approximate surface area is 165 Å². The van der Waals surface area contributed by atoms with Crippen molar-refractivity contribution in [3.8, 4) is 5.69 Å². The van der Waals surface area contributed by atoms with Crippen LogP contribution in [0.2, 0.25) is 0 Å². The van der Waals surface area contributed by atoms with Gasteiger partial charge in [0.2, 0.25) is 0 Å². The standard InChI is InChI=1S/C19H18BrN3O2S/c1-4-22-18(25)14(17(24)21-19(22)26)10-13-9-11(2)23(12(13)3)16-8-6-5-7-15(16)20/h5-10H,4H2,1-3H3,(H,21,24,26)/b14-10+. The van der Waals surface area contributed by atoms with E-state index >= 15 is 0 Å². The van der Waals surface area contributed by atoms with Crippen molar-refractivity contribution in [1.82, 2.24) is 14.8 Å². The normalized spacial score (nSPS) is 16.4. The van der Waals surface area contributed by atoms with Gasteiger partial charge in [0.25, 0.3) is 11.8 Å². The Morgan fingerprint density at radius 3 is 2.58 bits per heavy atom. The van der Waals surface area contributed by atoms with Crippen molar-refractivity contribution in [3.63, 3.8) is 0 Å². The van der Waals surface area contributed by atoms with Crippen molar-refractivity contribution in [3.05, 3.63) is 57.3 Å². The molecule has 1 saturated heterocycles. The van der Waals surface area contributed by atoms with Crippen molar-refractivity contribution < 1.29 is 9.59 Å². The molecule has 1 aromatic carbocycles. The van der Waals surface area contributed by atoms with E-state index in [0.717, 1.165) is 27.1 Å². The summed E-state index contributed by atoms with van der Waals surface area (Å²) in [4.78, 5) is 26.3. The van der Waals surface area contributed by atoms with Gasteiger partial charge in [-0.25, -0.2) is 0 Å². The van der Waals surface area contributed by atoms with Gasteiger partial charge in [0.05, 0.1) is 5.69 Å². The summed E-state index contributed by atoms with van der Waals surface area (Å²) in [6.07, 6.45) is 1.64. The molecule has 134 valence electrons. The van der Waals surface area contributed by atoms with Gasteiger partial charge < -0.3 is 4.57 Å². The number of amides is 2. The van der Waals surface area contributed by atoms with E-state index in [-0.39, 0.29) is 16.6 Å². The number of nitrogens with zero attached hydrogens (tertiary/aromatic N) is 2. The maximum absolute atomic E-state index is 12.6. The Balaban J connectivity index is 2.09. The highest BCUT2D eigenvalue weighted by Gasteiger charge is 2.32. The molecule has 0 radical (unpaired) electrons. The summed E-state index contributed by atoms with van der Waals surface area (Å²) < 4.78 is 3.05. The van der Waals surface area contributed by atoms with Crippen LogP contribution < -0.4 is 5.32 Å². The summed E-state index contributed by atoms with van der Waals surface area (Å²) in [6, 6.07) is 9.87. The molecule has 0 atom stereocenters. The summed E-state index contributed by atoms with van der Waals surface area (Å²) in [6.45, 7) is 6.18. The van der Waals surface area contributed by atoms with Crippen LogP contribution in [-0.2, 0) is 9.59 Å². The van der Waals surface area contributed by atoms with E-state index in [1.807, 2.05) is 51.1 Å². The van der Waals surface area contributed by atoms with Crippen LogP contribution in [0.4, 0.5) is 0 Å². The summed E-state index contributed by atoms with van der Waals surface area (Å²) in [5, 5.41) is 2.73. The van der Waals surface area contributed by atoms with Crippen LogP contribution in [0.15, 0.2) is 40.4 Å². The Morgan fingerprint density at radius 2 is 1.92 bits per heavy atom. The average molecular weight is 432 g/mol. The number of rotatable bonds is 3. The smallest absolute Gasteiger partial charge is 0.265 e. The second kappa shape index (κ2) is 7.17. The molecule has 5 nitrogen and oxygen atoms in total. The monoisotopic (exact) mass is 431 g/mol. The zero-order chi connectivity index (χ0) is 19.0. The topological polar surface area (TPSA) is 54.3 Å². The minimum atomic E-state index is -0.463. The first kappa shape index (κ1) is 18.5. The number of aromatic nitrogens is 1. The average Bonchev–Trinajstić information content (AvgIpc) is 2.86. The van der Waals surface area contributed by atoms with E-state index in [0.29, 0.717) is 6.54 Å². The lowest BCUT2D eigenvalue weighted by Gasteiger charge is -2.27. The van der Waals surface area contributed by atoms with Gasteiger partial charge in [0.1, 0.15) is 5.57 Å². The lowest BCUT2D eigenvalue weighted by Crippen LogP contribution is -2.53. The lowest BCUT2D eigenvalue weighted by molar-refractivity contribution is -0.128. The van der Waals surface area contributed by atoms with Gasteiger partial charge in [-0.2, -0.15) is 0 Å². The number of thiocarbonyl (C=S) groups is 1. The SMILES string of the molecule is CCN1C(=O)/C(=C/c2cc(C)n(-c3ccccc3Br)c2C)C(=O)NC1=S. The molecule has 1 aromatic heterocycles. The zero-order valence-electron chi connectivity index (χ0n) is 14.7. The number of likely N-dealkylation sites (N-methyl/N-ethyl adjacent to an activating group) is 1. The van der Waals surface area contributed by atoms with E-state index in [1.54, 1.807) is 6.08 Å². The molecule has 0 bridgehead atoms. The number of halogens is 1. The molecule has 0 saturated carbocycles. The predicted octanol–water partition coefficient (Wildman–Crippen LogP) is 3.50. The van der Waals surface area contributed by atoms with Crippen LogP contribution in [0.5, 0.6) is 0 Å². The maximum atomic E-state index is 12.6. The van der Waals surface area contributed by atoms with Crippen molar-refractivity contribution >= 4 is 51.2 Å². The molecule has 7 heteroatoms. The highest BCUT2D eigenvalue weighted by atomic mass is 79.9. The van der Waals surface area contributed by atoms with Gasteiger partial charge in [0.15, 0.2) is 5.11 Å². The summed E-state index contributed by atoms with van der Waals surface area (Å²) in [5.41, 5.74) is 3.86. The first-order valence-corrected chi connectivity index (χ1v) is 9.38. The molecule has 1 aliphatic heterocycles. The molecule has 2 heterocycles. The first-order valence-electron chi connectivity index (χ1n) is 8.17. The Hall–Kier alpha value is -2.25. The third-order valence-corrected chi connectivity index (χ3v) is 5.36. The zero-order valence-corrected chi connectivity index (χ0v) is 17.1. The first-order chi connectivity index (χ1) is 12.3. The van der Waals surface area contributed by atoms with Crippen molar-refractivity contribution in [2.24, 2.45) is 0 Å². The molecular formula is C19H18BrN3O2S. The van der Waals surface area contributed by atoms with Gasteiger partial charge >= 0.3 is 0 Å². The maximum Gasteiger partial charge on any atom is 0.265 e. The molecule has 0 unspecified atom stereocenters. The van der Waals surface area contributed by atoms with Crippen molar-refractivity contribution in [2.75, 3.05) is 6.54 Å². The molecule has 3 rings (SSSR count). The number of hydrogen-bond donors (Lipinski definition) is 1. The molecule has 1 N–H and O–H groups in total. The number of nitrogens with one attached hydrogen (secondary N) is 1. The third-order valence-electron chi connectivity index (χ3n) is 4.37. The van der Waals surface area contributed by atoms with E-state index in [4.69, 9.17) is 12.2 Å². The molecule has 0 spiro atoms. The second-order valence-electron chi connectivity index (χ2n) is 5.98. The number of aryl methyl sites for hydroxylation is 1. The molecular weight excluding hydrogens is 414 g/mol. The van der Waals surface area contributed by atoms with Gasteiger partial charge in [-0.3, -0.25) is 19.8 Å². The quantitative estimate of drug-likeness (QED) is 0.459. The summed E-state index contributed by atoms with van der Waals surface area (Å²) >= 11 is 8.64. The Morgan fingerprint density at radius 1 is 1.23 bits per heavy atom. The van der Waals surface area contributed by atoms with Crippen LogP contribution in [0.1, 0.15) is 23.9 Å². The van der Waals surface area contributed by atoms with Crippen LogP contribution in [-0.4, -0.2) is 32.9 Å². The second-order valence-corrected chi connectivity index (χ2v) is 7.22. The molecule has 2 aromatic rings. The Bertz CT molecular complexity index is 962. The number of benzene rings is 1. The summed E-state index contributed by atoms with van der Waals surface area (Å²) in [7, 11) is 0. The van der Waals surface area contributed by atoms with Gasteiger partial charge in [0, 0.05) is 22.4 Å². The van der Waals surface area contributed by atoms with Crippen LogP contribution in [0.25, 0.3) is 11.8 Å². The predicted molar refractivity (Wildman–Crippen MR) is 109 cm³/mol. The number of hydrogen-bond acceptors (Lipinski definition) is 3. The number of para-hydroxylation sites is 1. The van der Waals surface area contributed by atoms with Gasteiger partial charge in [-0.1, -0.05) is 12.1 Å². The van der Waals surface area contributed by atoms with E-state index in [9.17, 15) is 9.59 Å². The third kappa shape index (κ3) is 3.12. The molecule has 1 aliphatic rings. The van der Waals surface area contributed by atoms with Crippen LogP contribution in [0.3, 0.4) is 0 Å². The van der Waals surface area contributed by atoms with Crippen molar-refractivity contribution in [1.29, 1.82) is 0 Å². The van der Waals surface area contributed by atoms with E-state index in [2.05, 4.69) is 25.8 Å². The van der Waals surface area contributed by atoms with E-state index < -0.39 is 5.91 Å². The highest BCUT2D eigenvalue weighted by Crippen LogP contribution is 2.28. The molecule has 1 fully saturated rings. The fourth-order valence-electron chi connectivity index (χ4n) is 3.07. The van der Waals surface area contributed by atoms with Crippen LogP contribution in [0, 0.1) is 13.8 Å². The minimum absolute atomic E-state index is 0.0906. The molecule has 0 aliphatic carbocycles. The molecule has 26 heavy (non-hydrogen) atoms. The van der Waals surface area contributed by atoms with E-state index in [1.165, 1.54) is 4.90 Å². The highest BCUT2D eigenvalue weighted by molar-refractivity contribution is 9.10. The number of carbonyl (C=O) groups is 2. The minimum Gasteiger partial charge on any atom is -0.317 e. The lowest BCUT2D eigenvalue weighted by atomic mass is 10.1. The van der Waals surface area contributed by atoms with Gasteiger partial charge in [-0.15, -0.1) is 0 Å². The fourth-order valence-corrected chi connectivity index (χ4v) is 3.84. The largest absolute Gasteiger partial charge is 0.317 e.